The molecule has 27 heavy (non-hydrogen) atoms. The first kappa shape index (κ1) is 20.3. The first-order chi connectivity index (χ1) is 12.8. The van der Waals surface area contributed by atoms with Crippen molar-refractivity contribution >= 4 is 35.2 Å². The normalized spacial score (nSPS) is 10.9. The first-order valence-corrected chi connectivity index (χ1v) is 8.50. The molecule has 2 aromatic carbocycles. The van der Waals surface area contributed by atoms with Gasteiger partial charge in [-0.25, -0.2) is 0 Å². The molecule has 0 aliphatic heterocycles. The Morgan fingerprint density at radius 3 is 2.37 bits per heavy atom. The molecule has 142 valence electrons. The Morgan fingerprint density at radius 1 is 1.04 bits per heavy atom. The Morgan fingerprint density at radius 2 is 1.74 bits per heavy atom. The Labute approximate surface area is 163 Å². The van der Waals surface area contributed by atoms with Crippen LogP contribution in [0.3, 0.4) is 0 Å². The van der Waals surface area contributed by atoms with E-state index in [1.54, 1.807) is 42.5 Å². The summed E-state index contributed by atoms with van der Waals surface area (Å²) in [6.07, 6.45) is 1.55. The lowest BCUT2D eigenvalue weighted by molar-refractivity contribution is -0.120. The minimum absolute atomic E-state index is 0.0918. The third-order valence-electron chi connectivity index (χ3n) is 3.72. The van der Waals surface area contributed by atoms with E-state index < -0.39 is 5.91 Å². The SMILES string of the molecule is COc1ccc(C=C(NC(C)=O)C(=O)Nc2cc(Cl)ccc2C)cc1OC. The van der Waals surface area contributed by atoms with Crippen LogP contribution in [0.5, 0.6) is 11.5 Å². The minimum Gasteiger partial charge on any atom is -0.493 e. The first-order valence-electron chi connectivity index (χ1n) is 8.13. The second kappa shape index (κ2) is 9.09. The molecule has 7 heteroatoms. The number of hydrogen-bond donors (Lipinski definition) is 2. The number of ether oxygens (including phenoxy) is 2. The Balaban J connectivity index is 2.36. The highest BCUT2D eigenvalue weighted by molar-refractivity contribution is 6.31. The van der Waals surface area contributed by atoms with E-state index in [1.807, 2.05) is 6.92 Å². The predicted molar refractivity (Wildman–Crippen MR) is 106 cm³/mol. The van der Waals surface area contributed by atoms with E-state index >= 15 is 0 Å². The van der Waals surface area contributed by atoms with E-state index in [9.17, 15) is 9.59 Å². The zero-order valence-corrected chi connectivity index (χ0v) is 16.3. The highest BCUT2D eigenvalue weighted by Gasteiger charge is 2.14. The number of carbonyl (C=O) groups excluding carboxylic acids is 2. The van der Waals surface area contributed by atoms with Crippen molar-refractivity contribution in [3.8, 4) is 11.5 Å². The third kappa shape index (κ3) is 5.49. The summed E-state index contributed by atoms with van der Waals surface area (Å²) in [4.78, 5) is 24.2. The number of hydrogen-bond acceptors (Lipinski definition) is 4. The lowest BCUT2D eigenvalue weighted by Gasteiger charge is -2.13. The number of nitrogens with one attached hydrogen (secondary N) is 2. The van der Waals surface area contributed by atoms with Crippen LogP contribution in [-0.2, 0) is 9.59 Å². The number of benzene rings is 2. The van der Waals surface area contributed by atoms with Gasteiger partial charge in [0.1, 0.15) is 5.70 Å². The molecule has 2 N–H and O–H groups in total. The molecule has 0 radical (unpaired) electrons. The molecule has 2 aromatic rings. The second-order valence-electron chi connectivity index (χ2n) is 5.77. The smallest absolute Gasteiger partial charge is 0.272 e. The number of rotatable bonds is 6. The summed E-state index contributed by atoms with van der Waals surface area (Å²) in [6.45, 7) is 3.18. The van der Waals surface area contributed by atoms with Gasteiger partial charge in [-0.15, -0.1) is 0 Å². The van der Waals surface area contributed by atoms with Crippen LogP contribution in [0, 0.1) is 6.92 Å². The van der Waals surface area contributed by atoms with Gasteiger partial charge in [0.25, 0.3) is 5.91 Å². The van der Waals surface area contributed by atoms with E-state index in [0.717, 1.165) is 5.56 Å². The molecule has 0 fully saturated rings. The Hall–Kier alpha value is -2.99. The monoisotopic (exact) mass is 388 g/mol. The molecule has 0 spiro atoms. The fourth-order valence-corrected chi connectivity index (χ4v) is 2.55. The Kier molecular flexibility index (Phi) is 6.85. The third-order valence-corrected chi connectivity index (χ3v) is 3.96. The van der Waals surface area contributed by atoms with Crippen LogP contribution < -0.4 is 20.1 Å². The van der Waals surface area contributed by atoms with Crippen molar-refractivity contribution in [2.24, 2.45) is 0 Å². The maximum absolute atomic E-state index is 12.7. The maximum atomic E-state index is 12.7. The zero-order chi connectivity index (χ0) is 20.0. The molecule has 0 heterocycles. The lowest BCUT2D eigenvalue weighted by Crippen LogP contribution is -2.29. The van der Waals surface area contributed by atoms with Crippen LogP contribution in [0.2, 0.25) is 5.02 Å². The summed E-state index contributed by atoms with van der Waals surface area (Å²) >= 11 is 5.99. The summed E-state index contributed by atoms with van der Waals surface area (Å²) in [5.74, 6) is 0.249. The highest BCUT2D eigenvalue weighted by atomic mass is 35.5. The number of halogens is 1. The van der Waals surface area contributed by atoms with Gasteiger partial charge in [-0.2, -0.15) is 0 Å². The van der Waals surface area contributed by atoms with Gasteiger partial charge in [-0.05, 0) is 48.4 Å². The highest BCUT2D eigenvalue weighted by Crippen LogP contribution is 2.28. The number of amides is 2. The molecular formula is C20H21ClN2O4. The standard InChI is InChI=1S/C20H21ClN2O4/c1-12-5-7-15(21)11-16(12)23-20(25)17(22-13(2)24)9-14-6-8-18(26-3)19(10-14)27-4/h5-11H,1-4H3,(H,22,24)(H,23,25). The van der Waals surface area contributed by atoms with Gasteiger partial charge in [-0.1, -0.05) is 23.7 Å². The lowest BCUT2D eigenvalue weighted by atomic mass is 10.1. The summed E-state index contributed by atoms with van der Waals surface area (Å²) in [5.41, 5.74) is 2.17. The van der Waals surface area contributed by atoms with Crippen LogP contribution in [0.15, 0.2) is 42.1 Å². The molecule has 2 rings (SSSR count). The average Bonchev–Trinajstić information content (AvgIpc) is 2.63. The predicted octanol–water partition coefficient (Wildman–Crippen LogP) is 3.78. The van der Waals surface area contributed by atoms with Crippen LogP contribution >= 0.6 is 11.6 Å². The zero-order valence-electron chi connectivity index (χ0n) is 15.6. The number of aryl methyl sites for hydroxylation is 1. The molecule has 0 saturated carbocycles. The van der Waals surface area contributed by atoms with Crippen LogP contribution in [0.1, 0.15) is 18.1 Å². The molecule has 2 amide bonds. The number of methoxy groups -OCH3 is 2. The van der Waals surface area contributed by atoms with Gasteiger partial charge in [-0.3, -0.25) is 9.59 Å². The minimum atomic E-state index is -0.467. The van der Waals surface area contributed by atoms with E-state index in [-0.39, 0.29) is 11.6 Å². The van der Waals surface area contributed by atoms with Gasteiger partial charge < -0.3 is 20.1 Å². The van der Waals surface area contributed by atoms with Gasteiger partial charge >= 0.3 is 0 Å². The van der Waals surface area contributed by atoms with Crippen molar-refractivity contribution in [3.05, 3.63) is 58.2 Å². The number of carbonyl (C=O) groups is 2. The van der Waals surface area contributed by atoms with E-state index in [0.29, 0.717) is 27.8 Å². The molecule has 0 aliphatic rings. The van der Waals surface area contributed by atoms with Crippen molar-refractivity contribution < 1.29 is 19.1 Å². The maximum Gasteiger partial charge on any atom is 0.272 e. The largest absolute Gasteiger partial charge is 0.493 e. The van der Waals surface area contributed by atoms with E-state index in [1.165, 1.54) is 21.1 Å². The van der Waals surface area contributed by atoms with Crippen molar-refractivity contribution in [1.82, 2.24) is 5.32 Å². The topological polar surface area (TPSA) is 76.7 Å². The summed E-state index contributed by atoms with van der Waals surface area (Å²) < 4.78 is 10.5. The van der Waals surface area contributed by atoms with Gasteiger partial charge in [0.2, 0.25) is 5.91 Å². The summed E-state index contributed by atoms with van der Waals surface area (Å²) in [5, 5.41) is 5.82. The summed E-state index contributed by atoms with van der Waals surface area (Å²) in [6, 6.07) is 10.4. The molecule has 0 atom stereocenters. The second-order valence-corrected chi connectivity index (χ2v) is 6.20. The summed E-state index contributed by atoms with van der Waals surface area (Å²) in [7, 11) is 3.06. The molecule has 0 unspecified atom stereocenters. The van der Waals surface area contributed by atoms with Gasteiger partial charge in [0.15, 0.2) is 11.5 Å². The number of anilines is 1. The molecule has 6 nitrogen and oxygen atoms in total. The van der Waals surface area contributed by atoms with Crippen molar-refractivity contribution in [3.63, 3.8) is 0 Å². The van der Waals surface area contributed by atoms with Crippen molar-refractivity contribution in [2.75, 3.05) is 19.5 Å². The molecule has 0 aliphatic carbocycles. The van der Waals surface area contributed by atoms with Crippen LogP contribution in [0.4, 0.5) is 5.69 Å². The van der Waals surface area contributed by atoms with Crippen molar-refractivity contribution in [2.45, 2.75) is 13.8 Å². The van der Waals surface area contributed by atoms with Crippen LogP contribution in [-0.4, -0.2) is 26.0 Å². The van der Waals surface area contributed by atoms with Crippen molar-refractivity contribution in [1.29, 1.82) is 0 Å². The van der Waals surface area contributed by atoms with Crippen LogP contribution in [0.25, 0.3) is 6.08 Å². The molecular weight excluding hydrogens is 368 g/mol. The Bertz CT molecular complexity index is 894. The fraction of sp³-hybridized carbons (Fsp3) is 0.200. The molecule has 0 saturated heterocycles. The fourth-order valence-electron chi connectivity index (χ4n) is 2.38. The molecule has 0 aromatic heterocycles. The quantitative estimate of drug-likeness (QED) is 0.738. The average molecular weight is 389 g/mol. The van der Waals surface area contributed by atoms with E-state index in [2.05, 4.69) is 10.6 Å². The van der Waals surface area contributed by atoms with Gasteiger partial charge in [0, 0.05) is 17.6 Å². The molecule has 0 bridgehead atoms. The van der Waals surface area contributed by atoms with E-state index in [4.69, 9.17) is 21.1 Å². The van der Waals surface area contributed by atoms with Gasteiger partial charge in [0.05, 0.1) is 14.2 Å².